The zero-order valence-electron chi connectivity index (χ0n) is 15.8. The Bertz CT molecular complexity index is 1050. The molecular weight excluding hydrogens is 372 g/mol. The molecule has 0 bridgehead atoms. The first kappa shape index (κ1) is 19.5. The van der Waals surface area contributed by atoms with Crippen LogP contribution in [0, 0.1) is 13.8 Å². The van der Waals surface area contributed by atoms with Gasteiger partial charge in [-0.25, -0.2) is 4.98 Å². The van der Waals surface area contributed by atoms with Gasteiger partial charge in [-0.2, -0.15) is 0 Å². The number of benzene rings is 2. The number of ketones is 1. The summed E-state index contributed by atoms with van der Waals surface area (Å²) in [6, 6.07) is 11.9. The van der Waals surface area contributed by atoms with E-state index in [2.05, 4.69) is 4.98 Å². The van der Waals surface area contributed by atoms with E-state index < -0.39 is 0 Å². The average molecular weight is 392 g/mol. The molecule has 142 valence electrons. The van der Waals surface area contributed by atoms with E-state index >= 15 is 0 Å². The van der Waals surface area contributed by atoms with Crippen molar-refractivity contribution in [3.63, 3.8) is 0 Å². The molecule has 3 aromatic rings. The molecule has 3 rings (SSSR count). The van der Waals surface area contributed by atoms with Gasteiger partial charge in [0.05, 0.1) is 11.4 Å². The van der Waals surface area contributed by atoms with Crippen LogP contribution in [0.3, 0.4) is 0 Å². The van der Waals surface area contributed by atoms with Crippen molar-refractivity contribution >= 4 is 39.9 Å². The summed E-state index contributed by atoms with van der Waals surface area (Å²) in [5.74, 6) is -0.208. The number of aryl methyl sites for hydroxylation is 2. The molecule has 1 aromatic heterocycles. The molecule has 1 N–H and O–H groups in total. The number of hydrogen-bond donors (Lipinski definition) is 1. The van der Waals surface area contributed by atoms with Crippen molar-refractivity contribution < 1.29 is 14.7 Å². The number of amides is 1. The van der Waals surface area contributed by atoms with Crippen LogP contribution in [0.4, 0.5) is 10.8 Å². The number of aromatic nitrogens is 1. The number of phenols is 1. The van der Waals surface area contributed by atoms with Gasteiger partial charge in [-0.15, -0.1) is 11.3 Å². The fourth-order valence-electron chi connectivity index (χ4n) is 2.63. The van der Waals surface area contributed by atoms with E-state index in [0.717, 1.165) is 16.8 Å². The molecule has 0 spiro atoms. The standard InChI is InChI=1S/C22H20N2O3S/c1-14-4-8-19(12-15(14)2)24(16(3)25)22-23-18(13-28-22)7-11-21(27)17-5-9-20(26)10-6-17/h4-13,26H,1-3H3/b11-7+. The zero-order valence-corrected chi connectivity index (χ0v) is 16.7. The van der Waals surface area contributed by atoms with Crippen LogP contribution in [-0.4, -0.2) is 21.8 Å². The fourth-order valence-corrected chi connectivity index (χ4v) is 3.48. The number of allylic oxidation sites excluding steroid dienone is 1. The smallest absolute Gasteiger partial charge is 0.230 e. The molecule has 5 nitrogen and oxygen atoms in total. The van der Waals surface area contributed by atoms with E-state index in [-0.39, 0.29) is 17.4 Å². The number of thiazole rings is 1. The van der Waals surface area contributed by atoms with Gasteiger partial charge in [0.1, 0.15) is 5.75 Å². The maximum atomic E-state index is 12.2. The summed E-state index contributed by atoms with van der Waals surface area (Å²) in [6.45, 7) is 5.52. The summed E-state index contributed by atoms with van der Waals surface area (Å²) in [6.07, 6.45) is 3.05. The van der Waals surface area contributed by atoms with Gasteiger partial charge in [-0.05, 0) is 73.5 Å². The number of anilines is 2. The molecule has 0 radical (unpaired) electrons. The number of carbonyl (C=O) groups excluding carboxylic acids is 2. The van der Waals surface area contributed by atoms with Crippen LogP contribution >= 0.6 is 11.3 Å². The number of rotatable bonds is 5. The molecule has 0 unspecified atom stereocenters. The van der Waals surface area contributed by atoms with Crippen molar-refractivity contribution in [2.24, 2.45) is 0 Å². The second-order valence-corrected chi connectivity index (χ2v) is 7.26. The van der Waals surface area contributed by atoms with Gasteiger partial charge < -0.3 is 5.11 Å². The molecule has 2 aromatic carbocycles. The van der Waals surface area contributed by atoms with Crippen LogP contribution in [0.2, 0.25) is 0 Å². The molecule has 0 aliphatic heterocycles. The largest absolute Gasteiger partial charge is 0.508 e. The second kappa shape index (κ2) is 8.19. The van der Waals surface area contributed by atoms with Crippen molar-refractivity contribution in [1.29, 1.82) is 0 Å². The normalized spacial score (nSPS) is 11.0. The van der Waals surface area contributed by atoms with Crippen LogP contribution in [0.5, 0.6) is 5.75 Å². The molecule has 28 heavy (non-hydrogen) atoms. The molecule has 6 heteroatoms. The van der Waals surface area contributed by atoms with E-state index in [9.17, 15) is 14.7 Å². The maximum Gasteiger partial charge on any atom is 0.230 e. The summed E-state index contributed by atoms with van der Waals surface area (Å²) in [7, 11) is 0. The summed E-state index contributed by atoms with van der Waals surface area (Å²) >= 11 is 1.34. The highest BCUT2D eigenvalue weighted by atomic mass is 32.1. The first-order valence-electron chi connectivity index (χ1n) is 8.70. The third-order valence-electron chi connectivity index (χ3n) is 4.32. The number of nitrogens with zero attached hydrogens (tertiary/aromatic N) is 2. The van der Waals surface area contributed by atoms with Gasteiger partial charge in [0.15, 0.2) is 10.9 Å². The molecule has 0 saturated carbocycles. The minimum absolute atomic E-state index is 0.111. The number of carbonyl (C=O) groups is 2. The van der Waals surface area contributed by atoms with E-state index in [4.69, 9.17) is 0 Å². The fraction of sp³-hybridized carbons (Fsp3) is 0.136. The molecule has 0 atom stereocenters. The van der Waals surface area contributed by atoms with Crippen molar-refractivity contribution in [3.05, 3.63) is 76.3 Å². The minimum atomic E-state index is -0.188. The minimum Gasteiger partial charge on any atom is -0.508 e. The molecule has 1 amide bonds. The van der Waals surface area contributed by atoms with Gasteiger partial charge in [-0.3, -0.25) is 14.5 Å². The van der Waals surface area contributed by atoms with Crippen molar-refractivity contribution in [2.75, 3.05) is 4.90 Å². The lowest BCUT2D eigenvalue weighted by molar-refractivity contribution is -0.115. The summed E-state index contributed by atoms with van der Waals surface area (Å²) < 4.78 is 0. The lowest BCUT2D eigenvalue weighted by atomic mass is 10.1. The molecule has 0 aliphatic carbocycles. The molecule has 0 fully saturated rings. The average Bonchev–Trinajstić information content (AvgIpc) is 3.11. The van der Waals surface area contributed by atoms with Gasteiger partial charge >= 0.3 is 0 Å². The Morgan fingerprint density at radius 2 is 1.79 bits per heavy atom. The van der Waals surface area contributed by atoms with Crippen LogP contribution in [0.1, 0.15) is 34.1 Å². The van der Waals surface area contributed by atoms with Crippen molar-refractivity contribution in [2.45, 2.75) is 20.8 Å². The maximum absolute atomic E-state index is 12.2. The molecule has 0 saturated heterocycles. The van der Waals surface area contributed by atoms with Gasteiger partial charge in [0.25, 0.3) is 0 Å². The first-order chi connectivity index (χ1) is 13.3. The van der Waals surface area contributed by atoms with Gasteiger partial charge in [0.2, 0.25) is 5.91 Å². The number of hydrogen-bond acceptors (Lipinski definition) is 5. The summed E-state index contributed by atoms with van der Waals surface area (Å²) in [5, 5.41) is 11.6. The van der Waals surface area contributed by atoms with E-state index in [1.165, 1.54) is 36.5 Å². The predicted molar refractivity (Wildman–Crippen MR) is 112 cm³/mol. The van der Waals surface area contributed by atoms with Crippen molar-refractivity contribution in [1.82, 2.24) is 4.98 Å². The Morgan fingerprint density at radius 3 is 2.43 bits per heavy atom. The van der Waals surface area contributed by atoms with Gasteiger partial charge in [-0.1, -0.05) is 6.07 Å². The SMILES string of the molecule is CC(=O)N(c1ccc(C)c(C)c1)c1nc(/C=C/C(=O)c2ccc(O)cc2)cs1. The summed E-state index contributed by atoms with van der Waals surface area (Å²) in [4.78, 5) is 30.5. The highest BCUT2D eigenvalue weighted by Crippen LogP contribution is 2.30. The van der Waals surface area contributed by atoms with E-state index in [1.54, 1.807) is 28.5 Å². The quantitative estimate of drug-likeness (QED) is 0.487. The first-order valence-corrected chi connectivity index (χ1v) is 9.58. The molecule has 0 aliphatic rings. The predicted octanol–water partition coefficient (Wildman–Crippen LogP) is 5.05. The Kier molecular flexibility index (Phi) is 5.70. The lowest BCUT2D eigenvalue weighted by Crippen LogP contribution is -2.22. The highest BCUT2D eigenvalue weighted by molar-refractivity contribution is 7.14. The second-order valence-electron chi connectivity index (χ2n) is 6.42. The number of phenolic OH excluding ortho intramolecular Hbond substituents is 1. The molecule has 1 heterocycles. The Hall–Kier alpha value is -3.25. The summed E-state index contributed by atoms with van der Waals surface area (Å²) in [5.41, 5.74) is 4.09. The third-order valence-corrected chi connectivity index (χ3v) is 5.17. The van der Waals surface area contributed by atoms with Gasteiger partial charge in [0, 0.05) is 17.9 Å². The molecular formula is C22H20N2O3S. The third kappa shape index (κ3) is 4.35. The Balaban J connectivity index is 1.82. The Morgan fingerprint density at radius 1 is 1.07 bits per heavy atom. The lowest BCUT2D eigenvalue weighted by Gasteiger charge is -2.19. The van der Waals surface area contributed by atoms with Crippen LogP contribution in [0.15, 0.2) is 53.9 Å². The van der Waals surface area contributed by atoms with E-state index in [1.807, 2.05) is 32.0 Å². The zero-order chi connectivity index (χ0) is 20.3. The topological polar surface area (TPSA) is 70.5 Å². The highest BCUT2D eigenvalue weighted by Gasteiger charge is 2.18. The monoisotopic (exact) mass is 392 g/mol. The van der Waals surface area contributed by atoms with Crippen LogP contribution in [0.25, 0.3) is 6.08 Å². The van der Waals surface area contributed by atoms with Crippen molar-refractivity contribution in [3.8, 4) is 5.75 Å². The Labute approximate surface area is 167 Å². The van der Waals surface area contributed by atoms with E-state index in [0.29, 0.717) is 16.4 Å². The van der Waals surface area contributed by atoms with Crippen LogP contribution in [-0.2, 0) is 4.79 Å². The number of aromatic hydroxyl groups is 1. The van der Waals surface area contributed by atoms with Crippen LogP contribution < -0.4 is 4.90 Å².